The maximum absolute atomic E-state index is 10.8. The Labute approximate surface area is 61.4 Å². The first-order chi connectivity index (χ1) is 4.72. The molecule has 0 aromatic heterocycles. The smallest absolute Gasteiger partial charge is 0.252 e. The Morgan fingerprint density at radius 2 is 2.20 bits per heavy atom. The van der Waals surface area contributed by atoms with Gasteiger partial charge >= 0.3 is 0 Å². The first-order valence-corrected chi connectivity index (χ1v) is 3.59. The Kier molecular flexibility index (Phi) is 4.94. The molecule has 59 valence electrons. The number of rotatable bonds is 4. The van der Waals surface area contributed by atoms with Crippen molar-refractivity contribution in [3.63, 3.8) is 0 Å². The van der Waals surface area contributed by atoms with E-state index in [1.165, 1.54) is 7.05 Å². The summed E-state index contributed by atoms with van der Waals surface area (Å²) in [5.74, 6) is -0.395. The quantitative estimate of drug-likeness (QED) is 0.621. The molecule has 0 saturated heterocycles. The van der Waals surface area contributed by atoms with E-state index in [-0.39, 0.29) is 0 Å². The summed E-state index contributed by atoms with van der Waals surface area (Å²) in [5.41, 5.74) is 0. The molecule has 1 radical (unpaired) electrons. The lowest BCUT2D eigenvalue weighted by Crippen LogP contribution is -2.30. The third-order valence-corrected chi connectivity index (χ3v) is 1.36. The molecule has 0 aliphatic carbocycles. The Hall–Kier alpha value is -0.570. The summed E-state index contributed by atoms with van der Waals surface area (Å²) < 4.78 is 0. The van der Waals surface area contributed by atoms with E-state index in [0.717, 1.165) is 12.8 Å². The van der Waals surface area contributed by atoms with E-state index in [2.05, 4.69) is 5.32 Å². The van der Waals surface area contributed by atoms with E-state index >= 15 is 0 Å². The van der Waals surface area contributed by atoms with Crippen LogP contribution in [0, 0.1) is 0 Å². The molecular formula is C7H14NO2. The van der Waals surface area contributed by atoms with Crippen molar-refractivity contribution >= 4 is 5.91 Å². The number of likely N-dealkylation sites (N-methyl/N-ethyl adjacent to an activating group) is 1. The van der Waals surface area contributed by atoms with E-state index < -0.39 is 12.0 Å². The summed E-state index contributed by atoms with van der Waals surface area (Å²) in [7, 11) is 1.49. The van der Waals surface area contributed by atoms with Crippen LogP contribution < -0.4 is 5.32 Å². The minimum absolute atomic E-state index is 0.395. The van der Waals surface area contributed by atoms with Crippen molar-refractivity contribution in [2.45, 2.75) is 32.3 Å². The van der Waals surface area contributed by atoms with Crippen molar-refractivity contribution in [2.24, 2.45) is 0 Å². The lowest BCUT2D eigenvalue weighted by atomic mass is 10.1. The fourth-order valence-corrected chi connectivity index (χ4v) is 0.682. The van der Waals surface area contributed by atoms with Gasteiger partial charge in [-0.1, -0.05) is 19.8 Å². The van der Waals surface area contributed by atoms with Crippen LogP contribution in [0.2, 0.25) is 0 Å². The van der Waals surface area contributed by atoms with Gasteiger partial charge in [0.2, 0.25) is 0 Å². The van der Waals surface area contributed by atoms with E-state index in [1.54, 1.807) is 0 Å². The van der Waals surface area contributed by atoms with Gasteiger partial charge in [-0.25, -0.2) is 5.11 Å². The molecular weight excluding hydrogens is 130 g/mol. The van der Waals surface area contributed by atoms with Crippen molar-refractivity contribution in [1.82, 2.24) is 5.32 Å². The molecule has 1 atom stereocenters. The third kappa shape index (κ3) is 3.45. The van der Waals surface area contributed by atoms with E-state index in [4.69, 9.17) is 0 Å². The van der Waals surface area contributed by atoms with Gasteiger partial charge in [0.05, 0.1) is 0 Å². The molecule has 0 fully saturated rings. The van der Waals surface area contributed by atoms with Crippen molar-refractivity contribution in [1.29, 1.82) is 0 Å². The highest BCUT2D eigenvalue weighted by atomic mass is 16.3. The summed E-state index contributed by atoms with van der Waals surface area (Å²) >= 11 is 0. The van der Waals surface area contributed by atoms with Gasteiger partial charge in [0.25, 0.3) is 5.91 Å². The van der Waals surface area contributed by atoms with Gasteiger partial charge in [-0.3, -0.25) is 4.79 Å². The Bertz CT molecular complexity index is 104. The average Bonchev–Trinajstić information content (AvgIpc) is 1.98. The maximum atomic E-state index is 10.8. The third-order valence-electron chi connectivity index (χ3n) is 1.36. The number of hydrogen-bond donors (Lipinski definition) is 1. The van der Waals surface area contributed by atoms with Crippen molar-refractivity contribution < 1.29 is 9.90 Å². The number of carbonyl (C=O) groups is 1. The molecule has 0 bridgehead atoms. The lowest BCUT2D eigenvalue weighted by Gasteiger charge is -2.03. The molecule has 3 heteroatoms. The van der Waals surface area contributed by atoms with Gasteiger partial charge < -0.3 is 5.32 Å². The molecule has 1 unspecified atom stereocenters. The molecule has 0 aliphatic rings. The Balaban J connectivity index is 3.41. The second-order valence-electron chi connectivity index (χ2n) is 2.25. The highest BCUT2D eigenvalue weighted by Crippen LogP contribution is 1.99. The van der Waals surface area contributed by atoms with Gasteiger partial charge in [0, 0.05) is 7.05 Å². The van der Waals surface area contributed by atoms with E-state index in [9.17, 15) is 9.90 Å². The van der Waals surface area contributed by atoms with Gasteiger partial charge in [-0.2, -0.15) is 0 Å². The summed E-state index contributed by atoms with van der Waals surface area (Å²) in [5, 5.41) is 13.1. The van der Waals surface area contributed by atoms with Gasteiger partial charge in [0.15, 0.2) is 6.10 Å². The number of unbranched alkanes of at least 4 members (excludes halogenated alkanes) is 1. The maximum Gasteiger partial charge on any atom is 0.252 e. The fourth-order valence-electron chi connectivity index (χ4n) is 0.682. The molecule has 0 rings (SSSR count). The first kappa shape index (κ1) is 9.43. The number of nitrogens with one attached hydrogen (secondary N) is 1. The first-order valence-electron chi connectivity index (χ1n) is 3.59. The molecule has 3 nitrogen and oxygen atoms in total. The molecule has 0 aromatic carbocycles. The van der Waals surface area contributed by atoms with Gasteiger partial charge in [-0.15, -0.1) is 0 Å². The molecule has 10 heavy (non-hydrogen) atoms. The van der Waals surface area contributed by atoms with Crippen LogP contribution in [-0.2, 0) is 9.90 Å². The average molecular weight is 144 g/mol. The van der Waals surface area contributed by atoms with Crippen molar-refractivity contribution in [3.05, 3.63) is 0 Å². The van der Waals surface area contributed by atoms with Gasteiger partial charge in [-0.05, 0) is 6.42 Å². The van der Waals surface area contributed by atoms with Crippen LogP contribution in [0.15, 0.2) is 0 Å². The molecule has 0 spiro atoms. The second kappa shape index (κ2) is 5.23. The molecule has 0 saturated carbocycles. The monoisotopic (exact) mass is 144 g/mol. The summed E-state index contributed by atoms with van der Waals surface area (Å²) in [4.78, 5) is 10.6. The summed E-state index contributed by atoms with van der Waals surface area (Å²) in [6.07, 6.45) is 1.19. The predicted octanol–water partition coefficient (Wildman–Crippen LogP) is 0.722. The number of carbonyl (C=O) groups excluding carboxylic acids is 1. The SMILES string of the molecule is CCCCC([O])C(=O)NC. The van der Waals surface area contributed by atoms with Crippen LogP contribution in [0.25, 0.3) is 0 Å². The molecule has 1 amide bonds. The van der Waals surface area contributed by atoms with E-state index in [1.807, 2.05) is 6.92 Å². The molecule has 0 heterocycles. The second-order valence-corrected chi connectivity index (χ2v) is 2.25. The van der Waals surface area contributed by atoms with Crippen LogP contribution in [0.4, 0.5) is 0 Å². The largest absolute Gasteiger partial charge is 0.357 e. The fraction of sp³-hybridized carbons (Fsp3) is 0.857. The van der Waals surface area contributed by atoms with Crippen LogP contribution in [0.1, 0.15) is 26.2 Å². The van der Waals surface area contributed by atoms with Crippen LogP contribution >= 0.6 is 0 Å². The van der Waals surface area contributed by atoms with Crippen LogP contribution in [-0.4, -0.2) is 19.1 Å². The zero-order valence-electron chi connectivity index (χ0n) is 6.52. The van der Waals surface area contributed by atoms with E-state index in [0.29, 0.717) is 6.42 Å². The standard InChI is InChI=1S/C7H14NO2/c1-3-4-5-6(9)7(10)8-2/h6H,3-5H2,1-2H3,(H,8,10). The van der Waals surface area contributed by atoms with Crippen LogP contribution in [0.3, 0.4) is 0 Å². The predicted molar refractivity (Wildman–Crippen MR) is 38.1 cm³/mol. The minimum atomic E-state index is -1.06. The Morgan fingerprint density at radius 3 is 2.60 bits per heavy atom. The lowest BCUT2D eigenvalue weighted by molar-refractivity contribution is -0.132. The number of hydrogen-bond acceptors (Lipinski definition) is 1. The number of amides is 1. The molecule has 0 aliphatic heterocycles. The summed E-state index contributed by atoms with van der Waals surface area (Å²) in [6, 6.07) is 0. The Morgan fingerprint density at radius 1 is 1.60 bits per heavy atom. The molecule has 1 N–H and O–H groups in total. The zero-order valence-corrected chi connectivity index (χ0v) is 6.52. The van der Waals surface area contributed by atoms with Crippen molar-refractivity contribution in [2.75, 3.05) is 7.05 Å². The highest BCUT2D eigenvalue weighted by Gasteiger charge is 2.13. The summed E-state index contributed by atoms with van der Waals surface area (Å²) in [6.45, 7) is 2.00. The van der Waals surface area contributed by atoms with Gasteiger partial charge in [0.1, 0.15) is 0 Å². The topological polar surface area (TPSA) is 49.0 Å². The molecule has 0 aromatic rings. The normalized spacial score (nSPS) is 12.7. The van der Waals surface area contributed by atoms with Crippen molar-refractivity contribution in [3.8, 4) is 0 Å². The minimum Gasteiger partial charge on any atom is -0.357 e. The zero-order chi connectivity index (χ0) is 7.98. The highest BCUT2D eigenvalue weighted by molar-refractivity contribution is 5.79. The van der Waals surface area contributed by atoms with Crippen LogP contribution in [0.5, 0.6) is 0 Å².